The van der Waals surface area contributed by atoms with Crippen LogP contribution in [0.5, 0.6) is 0 Å². The van der Waals surface area contributed by atoms with Crippen LogP contribution in [-0.4, -0.2) is 44.0 Å². The Kier molecular flexibility index (Phi) is 10.8. The van der Waals surface area contributed by atoms with Crippen molar-refractivity contribution in [2.24, 2.45) is 4.99 Å². The Balaban J connectivity index is 0.00000480. The zero-order valence-electron chi connectivity index (χ0n) is 17.8. The number of guanidine groups is 1. The highest BCUT2D eigenvalue weighted by atomic mass is 127. The van der Waals surface area contributed by atoms with Gasteiger partial charge in [0.05, 0.1) is 5.56 Å². The van der Waals surface area contributed by atoms with E-state index in [1.807, 2.05) is 37.1 Å². The fourth-order valence-corrected chi connectivity index (χ4v) is 2.92. The minimum Gasteiger partial charge on any atom is -0.357 e. The van der Waals surface area contributed by atoms with Crippen molar-refractivity contribution >= 4 is 35.8 Å². The Morgan fingerprint density at radius 2 is 1.77 bits per heavy atom. The first-order valence-electron chi connectivity index (χ1n) is 9.71. The Labute approximate surface area is 198 Å². The number of alkyl halides is 3. The average Bonchev–Trinajstić information content (AvgIpc) is 2.72. The molecular formula is C22H28F3IN4O. The summed E-state index contributed by atoms with van der Waals surface area (Å²) in [7, 11) is 3.43. The second-order valence-corrected chi connectivity index (χ2v) is 6.82. The van der Waals surface area contributed by atoms with Crippen LogP contribution >= 0.6 is 24.0 Å². The molecule has 2 N–H and O–H groups in total. The van der Waals surface area contributed by atoms with Gasteiger partial charge in [-0.05, 0) is 48.7 Å². The van der Waals surface area contributed by atoms with Crippen LogP contribution in [0.3, 0.4) is 0 Å². The summed E-state index contributed by atoms with van der Waals surface area (Å²) in [5.41, 5.74) is 1.70. The van der Waals surface area contributed by atoms with Gasteiger partial charge in [-0.2, -0.15) is 13.2 Å². The van der Waals surface area contributed by atoms with Crippen molar-refractivity contribution in [1.29, 1.82) is 0 Å². The van der Waals surface area contributed by atoms with Gasteiger partial charge in [0.1, 0.15) is 0 Å². The Hall–Kier alpha value is -2.30. The minimum atomic E-state index is -4.34. The van der Waals surface area contributed by atoms with Gasteiger partial charge in [0.25, 0.3) is 5.91 Å². The molecule has 9 heteroatoms. The van der Waals surface area contributed by atoms with Crippen LogP contribution in [-0.2, 0) is 19.1 Å². The fourth-order valence-electron chi connectivity index (χ4n) is 2.92. The van der Waals surface area contributed by atoms with E-state index in [1.54, 1.807) is 13.1 Å². The third-order valence-electron chi connectivity index (χ3n) is 4.48. The van der Waals surface area contributed by atoms with Crippen LogP contribution in [0.2, 0.25) is 0 Å². The molecule has 0 radical (unpaired) electrons. The molecule has 0 fully saturated rings. The topological polar surface area (TPSA) is 56.7 Å². The van der Waals surface area contributed by atoms with Crippen molar-refractivity contribution in [3.05, 3.63) is 70.8 Å². The highest BCUT2D eigenvalue weighted by Gasteiger charge is 2.29. The van der Waals surface area contributed by atoms with Crippen molar-refractivity contribution in [3.63, 3.8) is 0 Å². The summed E-state index contributed by atoms with van der Waals surface area (Å²) in [6, 6.07) is 12.5. The second-order valence-electron chi connectivity index (χ2n) is 6.82. The lowest BCUT2D eigenvalue weighted by Crippen LogP contribution is -2.38. The van der Waals surface area contributed by atoms with E-state index in [1.165, 1.54) is 12.1 Å². The van der Waals surface area contributed by atoms with Crippen LogP contribution in [0.4, 0.5) is 13.2 Å². The molecule has 0 saturated heterocycles. The predicted octanol–water partition coefficient (Wildman–Crippen LogP) is 4.32. The summed E-state index contributed by atoms with van der Waals surface area (Å²) in [6.45, 7) is 3.56. The molecule has 170 valence electrons. The highest BCUT2D eigenvalue weighted by molar-refractivity contribution is 14.0. The number of rotatable bonds is 7. The van der Waals surface area contributed by atoms with E-state index in [0.717, 1.165) is 23.3 Å². The minimum absolute atomic E-state index is 0. The first-order chi connectivity index (χ1) is 14.2. The summed E-state index contributed by atoms with van der Waals surface area (Å²) in [5, 5.41) is 5.80. The molecule has 0 aliphatic heterocycles. The van der Waals surface area contributed by atoms with E-state index < -0.39 is 11.7 Å². The molecule has 0 heterocycles. The van der Waals surface area contributed by atoms with Crippen molar-refractivity contribution in [2.45, 2.75) is 26.1 Å². The number of benzene rings is 2. The van der Waals surface area contributed by atoms with Gasteiger partial charge >= 0.3 is 6.18 Å². The van der Waals surface area contributed by atoms with Gasteiger partial charge in [-0.25, -0.2) is 0 Å². The van der Waals surface area contributed by atoms with Crippen LogP contribution in [0.25, 0.3) is 0 Å². The largest absolute Gasteiger partial charge is 0.416 e. The lowest BCUT2D eigenvalue weighted by atomic mass is 10.1. The van der Waals surface area contributed by atoms with Gasteiger partial charge in [-0.3, -0.25) is 9.79 Å². The number of carbonyl (C=O) groups is 1. The average molecular weight is 548 g/mol. The van der Waals surface area contributed by atoms with Gasteiger partial charge in [-0.15, -0.1) is 24.0 Å². The monoisotopic (exact) mass is 548 g/mol. The lowest BCUT2D eigenvalue weighted by molar-refractivity contribution is -0.137. The zero-order valence-corrected chi connectivity index (χ0v) is 20.1. The first-order valence-corrected chi connectivity index (χ1v) is 9.71. The summed E-state index contributed by atoms with van der Waals surface area (Å²) in [4.78, 5) is 18.2. The van der Waals surface area contributed by atoms with Gasteiger partial charge in [-0.1, -0.05) is 24.3 Å². The van der Waals surface area contributed by atoms with Gasteiger partial charge in [0.2, 0.25) is 0 Å². The summed E-state index contributed by atoms with van der Waals surface area (Å²) in [6.07, 6.45) is -3.68. The quantitative estimate of drug-likeness (QED) is 0.308. The number of aliphatic imine (C=N–C) groups is 1. The Bertz CT molecular complexity index is 870. The van der Waals surface area contributed by atoms with E-state index in [0.29, 0.717) is 37.6 Å². The van der Waals surface area contributed by atoms with Gasteiger partial charge in [0, 0.05) is 39.3 Å². The van der Waals surface area contributed by atoms with Crippen molar-refractivity contribution in [1.82, 2.24) is 15.5 Å². The van der Waals surface area contributed by atoms with Crippen LogP contribution in [0, 0.1) is 0 Å². The van der Waals surface area contributed by atoms with Crippen LogP contribution in [0.1, 0.15) is 34.0 Å². The molecule has 1 amide bonds. The van der Waals surface area contributed by atoms with E-state index >= 15 is 0 Å². The highest BCUT2D eigenvalue weighted by Crippen LogP contribution is 2.29. The molecule has 0 saturated carbocycles. The molecule has 0 aromatic heterocycles. The molecule has 0 bridgehead atoms. The van der Waals surface area contributed by atoms with Crippen LogP contribution < -0.4 is 10.6 Å². The van der Waals surface area contributed by atoms with E-state index in [4.69, 9.17) is 0 Å². The maximum absolute atomic E-state index is 12.7. The standard InChI is InChI=1S/C22H27F3N4O.HI/c1-4-27-21(28-13-12-16-6-5-7-18(14-16)20(30)26-2)29(3)15-17-8-10-19(11-9-17)22(23,24)25;/h5-11,14H,4,12-13,15H2,1-3H3,(H,26,30)(H,27,28);1H. The molecular weight excluding hydrogens is 520 g/mol. The fraction of sp³-hybridized carbons (Fsp3) is 0.364. The number of halogens is 4. The Morgan fingerprint density at radius 3 is 2.35 bits per heavy atom. The molecule has 5 nitrogen and oxygen atoms in total. The van der Waals surface area contributed by atoms with Crippen LogP contribution in [0.15, 0.2) is 53.5 Å². The zero-order chi connectivity index (χ0) is 22.1. The van der Waals surface area contributed by atoms with E-state index in [2.05, 4.69) is 15.6 Å². The van der Waals surface area contributed by atoms with Crippen molar-refractivity contribution < 1.29 is 18.0 Å². The smallest absolute Gasteiger partial charge is 0.357 e. The third-order valence-corrected chi connectivity index (χ3v) is 4.48. The number of nitrogens with zero attached hydrogens (tertiary/aromatic N) is 2. The van der Waals surface area contributed by atoms with Crippen molar-refractivity contribution in [2.75, 3.05) is 27.2 Å². The molecule has 0 unspecified atom stereocenters. The number of hydrogen-bond acceptors (Lipinski definition) is 2. The third kappa shape index (κ3) is 8.39. The van der Waals surface area contributed by atoms with Crippen molar-refractivity contribution in [3.8, 4) is 0 Å². The molecule has 0 atom stereocenters. The molecule has 0 aliphatic rings. The van der Waals surface area contributed by atoms with E-state index in [-0.39, 0.29) is 29.9 Å². The van der Waals surface area contributed by atoms with Gasteiger partial charge < -0.3 is 15.5 Å². The maximum Gasteiger partial charge on any atom is 0.416 e. The normalized spacial score (nSPS) is 11.5. The predicted molar refractivity (Wildman–Crippen MR) is 128 cm³/mol. The molecule has 0 aliphatic carbocycles. The van der Waals surface area contributed by atoms with E-state index in [9.17, 15) is 18.0 Å². The second kappa shape index (κ2) is 12.5. The lowest BCUT2D eigenvalue weighted by Gasteiger charge is -2.22. The summed E-state index contributed by atoms with van der Waals surface area (Å²) < 4.78 is 38.2. The summed E-state index contributed by atoms with van der Waals surface area (Å²) in [5.74, 6) is 0.532. The summed E-state index contributed by atoms with van der Waals surface area (Å²) >= 11 is 0. The molecule has 0 spiro atoms. The first kappa shape index (κ1) is 26.7. The number of amides is 1. The molecule has 2 aromatic carbocycles. The SMILES string of the molecule is CCNC(=NCCc1cccc(C(=O)NC)c1)N(C)Cc1ccc(C(F)(F)F)cc1.I. The number of nitrogens with one attached hydrogen (secondary N) is 2. The maximum atomic E-state index is 12.7. The molecule has 31 heavy (non-hydrogen) atoms. The Morgan fingerprint density at radius 1 is 1.10 bits per heavy atom. The molecule has 2 aromatic rings. The molecule has 2 rings (SSSR count). The number of hydrogen-bond donors (Lipinski definition) is 2. The number of carbonyl (C=O) groups excluding carboxylic acids is 1. The van der Waals surface area contributed by atoms with Gasteiger partial charge in [0.15, 0.2) is 5.96 Å².